The van der Waals surface area contributed by atoms with Crippen molar-refractivity contribution in [3.8, 4) is 0 Å². The summed E-state index contributed by atoms with van der Waals surface area (Å²) < 4.78 is 1.76. The van der Waals surface area contributed by atoms with E-state index in [1.807, 2.05) is 0 Å². The van der Waals surface area contributed by atoms with Crippen LogP contribution in [0.1, 0.15) is 28.8 Å². The smallest absolute Gasteiger partial charge is 0.303 e. The van der Waals surface area contributed by atoms with Crippen LogP contribution >= 0.6 is 0 Å². The number of ketones is 1. The molecule has 6 nitrogen and oxygen atoms in total. The SMILES string of the molecule is Nc1cccc(C(=O)c2cn(CCCC(=O)O)c3ccccc3c2=O)c1. The summed E-state index contributed by atoms with van der Waals surface area (Å²) in [4.78, 5) is 36.4. The van der Waals surface area contributed by atoms with Crippen molar-refractivity contribution in [3.05, 3.63) is 76.1 Å². The van der Waals surface area contributed by atoms with E-state index >= 15 is 0 Å². The van der Waals surface area contributed by atoms with E-state index in [1.54, 1.807) is 47.0 Å². The summed E-state index contributed by atoms with van der Waals surface area (Å²) in [6, 6.07) is 13.5. The summed E-state index contributed by atoms with van der Waals surface area (Å²) in [5, 5.41) is 9.27. The van der Waals surface area contributed by atoms with Crippen LogP contribution in [-0.4, -0.2) is 21.4 Å². The number of nitrogens with two attached hydrogens (primary N) is 1. The Labute approximate surface area is 149 Å². The molecule has 1 aromatic heterocycles. The summed E-state index contributed by atoms with van der Waals surface area (Å²) in [6.45, 7) is 0.393. The van der Waals surface area contributed by atoms with E-state index in [9.17, 15) is 14.4 Å². The maximum Gasteiger partial charge on any atom is 0.303 e. The van der Waals surface area contributed by atoms with Crippen molar-refractivity contribution in [2.75, 3.05) is 5.73 Å². The zero-order valence-corrected chi connectivity index (χ0v) is 14.0. The number of carbonyl (C=O) groups is 2. The molecular formula is C20H18N2O4. The molecule has 0 aliphatic heterocycles. The molecule has 0 saturated heterocycles. The molecule has 0 spiro atoms. The van der Waals surface area contributed by atoms with Crippen LogP contribution in [0.25, 0.3) is 10.9 Å². The van der Waals surface area contributed by atoms with Gasteiger partial charge in [-0.1, -0.05) is 24.3 Å². The molecule has 3 aromatic rings. The lowest BCUT2D eigenvalue weighted by Gasteiger charge is -2.13. The molecule has 0 atom stereocenters. The molecule has 0 aliphatic rings. The van der Waals surface area contributed by atoms with Gasteiger partial charge in [0.2, 0.25) is 5.43 Å². The van der Waals surface area contributed by atoms with Crippen molar-refractivity contribution in [2.45, 2.75) is 19.4 Å². The molecular weight excluding hydrogens is 332 g/mol. The Morgan fingerprint density at radius 3 is 2.58 bits per heavy atom. The van der Waals surface area contributed by atoms with Gasteiger partial charge in [-0.2, -0.15) is 0 Å². The first-order valence-corrected chi connectivity index (χ1v) is 8.21. The van der Waals surface area contributed by atoms with E-state index < -0.39 is 11.8 Å². The predicted molar refractivity (Wildman–Crippen MR) is 99.4 cm³/mol. The number of nitrogens with zero attached hydrogens (tertiary/aromatic N) is 1. The molecule has 3 N–H and O–H groups in total. The topological polar surface area (TPSA) is 102 Å². The quantitative estimate of drug-likeness (QED) is 0.525. The number of hydrogen-bond acceptors (Lipinski definition) is 4. The molecule has 3 rings (SSSR count). The number of pyridine rings is 1. The number of aliphatic carboxylic acids is 1. The zero-order valence-electron chi connectivity index (χ0n) is 14.0. The maximum atomic E-state index is 12.8. The highest BCUT2D eigenvalue weighted by Gasteiger charge is 2.17. The van der Waals surface area contributed by atoms with Crippen LogP contribution < -0.4 is 11.2 Å². The molecule has 2 aromatic carbocycles. The van der Waals surface area contributed by atoms with Gasteiger partial charge in [-0.15, -0.1) is 0 Å². The van der Waals surface area contributed by atoms with E-state index in [-0.39, 0.29) is 17.4 Å². The highest BCUT2D eigenvalue weighted by atomic mass is 16.4. The molecule has 0 aliphatic carbocycles. The van der Waals surface area contributed by atoms with Crippen LogP contribution in [-0.2, 0) is 11.3 Å². The molecule has 0 unspecified atom stereocenters. The number of aromatic nitrogens is 1. The molecule has 26 heavy (non-hydrogen) atoms. The lowest BCUT2D eigenvalue weighted by Crippen LogP contribution is -2.20. The van der Waals surface area contributed by atoms with Gasteiger partial charge in [-0.25, -0.2) is 0 Å². The highest BCUT2D eigenvalue weighted by molar-refractivity contribution is 6.10. The number of aryl methyl sites for hydroxylation is 1. The average Bonchev–Trinajstić information content (AvgIpc) is 2.63. The summed E-state index contributed by atoms with van der Waals surface area (Å²) in [5.41, 5.74) is 6.90. The minimum Gasteiger partial charge on any atom is -0.481 e. The third-order valence-electron chi connectivity index (χ3n) is 4.17. The molecule has 132 valence electrons. The van der Waals surface area contributed by atoms with Crippen LogP contribution in [0.2, 0.25) is 0 Å². The van der Waals surface area contributed by atoms with Gasteiger partial charge in [-0.05, 0) is 30.7 Å². The average molecular weight is 350 g/mol. The Morgan fingerprint density at radius 1 is 1.08 bits per heavy atom. The van der Waals surface area contributed by atoms with Crippen molar-refractivity contribution in [2.24, 2.45) is 0 Å². The number of anilines is 1. The standard InChI is InChI=1S/C20H18N2O4/c21-14-6-3-5-13(11-14)19(25)16-12-22(10-4-9-18(23)24)17-8-2-1-7-15(17)20(16)26/h1-3,5-8,11-12H,4,9-10,21H2,(H,23,24). The van der Waals surface area contributed by atoms with Crippen molar-refractivity contribution in [1.29, 1.82) is 0 Å². The Kier molecular flexibility index (Phi) is 4.84. The number of carbonyl (C=O) groups excluding carboxylic acids is 1. The number of rotatable bonds is 6. The number of carboxylic acid groups (broad SMARTS) is 1. The lowest BCUT2D eigenvalue weighted by atomic mass is 10.0. The van der Waals surface area contributed by atoms with Gasteiger partial charge in [0.1, 0.15) is 0 Å². The van der Waals surface area contributed by atoms with Crippen molar-refractivity contribution < 1.29 is 14.7 Å². The largest absolute Gasteiger partial charge is 0.481 e. The second-order valence-corrected chi connectivity index (χ2v) is 6.03. The number of benzene rings is 2. The molecule has 6 heteroatoms. The molecule has 0 saturated carbocycles. The lowest BCUT2D eigenvalue weighted by molar-refractivity contribution is -0.137. The van der Waals surface area contributed by atoms with Crippen molar-refractivity contribution in [3.63, 3.8) is 0 Å². The third kappa shape index (κ3) is 3.49. The number of para-hydroxylation sites is 1. The minimum atomic E-state index is -0.883. The summed E-state index contributed by atoms with van der Waals surface area (Å²) >= 11 is 0. The molecule has 0 amide bonds. The first kappa shape index (κ1) is 17.4. The predicted octanol–water partition coefficient (Wildman–Crippen LogP) is 2.68. The van der Waals surface area contributed by atoms with Gasteiger partial charge in [0, 0.05) is 35.8 Å². The van der Waals surface area contributed by atoms with Gasteiger partial charge < -0.3 is 15.4 Å². The highest BCUT2D eigenvalue weighted by Crippen LogP contribution is 2.16. The fourth-order valence-electron chi connectivity index (χ4n) is 2.93. The summed E-state index contributed by atoms with van der Waals surface area (Å²) in [7, 11) is 0. The summed E-state index contributed by atoms with van der Waals surface area (Å²) in [6.07, 6.45) is 1.92. The van der Waals surface area contributed by atoms with E-state index in [1.165, 1.54) is 12.3 Å². The monoisotopic (exact) mass is 350 g/mol. The van der Waals surface area contributed by atoms with E-state index in [0.29, 0.717) is 35.1 Å². The van der Waals surface area contributed by atoms with Gasteiger partial charge in [0.15, 0.2) is 5.78 Å². The van der Waals surface area contributed by atoms with Gasteiger partial charge >= 0.3 is 5.97 Å². The number of fused-ring (bicyclic) bond motifs is 1. The first-order chi connectivity index (χ1) is 12.5. The Hall–Kier alpha value is -3.41. The van der Waals surface area contributed by atoms with Crippen LogP contribution in [0.3, 0.4) is 0 Å². The van der Waals surface area contributed by atoms with E-state index in [4.69, 9.17) is 10.8 Å². The Balaban J connectivity index is 2.10. The van der Waals surface area contributed by atoms with Crippen LogP contribution in [0.15, 0.2) is 59.5 Å². The van der Waals surface area contributed by atoms with Crippen LogP contribution in [0.5, 0.6) is 0 Å². The zero-order chi connectivity index (χ0) is 18.7. The fraction of sp³-hybridized carbons (Fsp3) is 0.150. The fourth-order valence-corrected chi connectivity index (χ4v) is 2.93. The molecule has 0 fully saturated rings. The Bertz CT molecular complexity index is 1050. The number of hydrogen-bond donors (Lipinski definition) is 2. The van der Waals surface area contributed by atoms with Crippen molar-refractivity contribution in [1.82, 2.24) is 4.57 Å². The number of carboxylic acids is 1. The van der Waals surface area contributed by atoms with Gasteiger partial charge in [0.25, 0.3) is 0 Å². The second-order valence-electron chi connectivity index (χ2n) is 6.03. The third-order valence-corrected chi connectivity index (χ3v) is 4.17. The van der Waals surface area contributed by atoms with Gasteiger partial charge in [-0.3, -0.25) is 14.4 Å². The van der Waals surface area contributed by atoms with Crippen LogP contribution in [0.4, 0.5) is 5.69 Å². The van der Waals surface area contributed by atoms with E-state index in [0.717, 1.165) is 0 Å². The Morgan fingerprint density at radius 2 is 1.85 bits per heavy atom. The van der Waals surface area contributed by atoms with Gasteiger partial charge in [0.05, 0.1) is 11.1 Å². The minimum absolute atomic E-state index is 0.0128. The second kappa shape index (κ2) is 7.23. The molecule has 0 radical (unpaired) electrons. The normalized spacial score (nSPS) is 10.8. The van der Waals surface area contributed by atoms with E-state index in [2.05, 4.69) is 0 Å². The van der Waals surface area contributed by atoms with Crippen LogP contribution in [0, 0.1) is 0 Å². The molecule has 0 bridgehead atoms. The van der Waals surface area contributed by atoms with Crippen molar-refractivity contribution >= 4 is 28.3 Å². The maximum absolute atomic E-state index is 12.8. The summed E-state index contributed by atoms with van der Waals surface area (Å²) in [5.74, 6) is -1.29. The number of nitrogen functional groups attached to an aromatic ring is 1. The first-order valence-electron chi connectivity index (χ1n) is 8.21. The molecule has 1 heterocycles.